The van der Waals surface area contributed by atoms with Gasteiger partial charge >= 0.3 is 5.97 Å². The van der Waals surface area contributed by atoms with Crippen molar-refractivity contribution in [2.75, 3.05) is 14.2 Å². The summed E-state index contributed by atoms with van der Waals surface area (Å²) in [7, 11) is 3.02. The lowest BCUT2D eigenvalue weighted by molar-refractivity contribution is 0.0734. The van der Waals surface area contributed by atoms with Crippen molar-refractivity contribution in [2.45, 2.75) is 6.92 Å². The second-order valence-corrected chi connectivity index (χ2v) is 6.59. The molecule has 0 spiro atoms. The van der Waals surface area contributed by atoms with Gasteiger partial charge in [0.2, 0.25) is 0 Å². The summed E-state index contributed by atoms with van der Waals surface area (Å²) in [5, 5.41) is 3.96. The first kappa shape index (κ1) is 21.6. The maximum atomic E-state index is 12.4. The van der Waals surface area contributed by atoms with Gasteiger partial charge in [-0.05, 0) is 67.1 Å². The molecule has 0 unspecified atom stereocenters. The molecular formula is C24H22N2O5. The average Bonchev–Trinajstić information content (AvgIpc) is 2.80. The van der Waals surface area contributed by atoms with Crippen LogP contribution < -0.4 is 19.6 Å². The molecule has 0 aliphatic heterocycles. The van der Waals surface area contributed by atoms with Gasteiger partial charge in [-0.1, -0.05) is 17.7 Å². The third-order valence-corrected chi connectivity index (χ3v) is 4.40. The lowest BCUT2D eigenvalue weighted by atomic mass is 10.1. The molecule has 7 nitrogen and oxygen atoms in total. The van der Waals surface area contributed by atoms with E-state index in [-0.39, 0.29) is 5.91 Å². The standard InChI is InChI=1S/C24H22N2O5/c1-16-4-8-18(9-5-16)23(27)26-25-15-17-6-11-20(12-7-17)31-24(28)19-10-13-21(29-2)22(14-19)30-3/h4-15H,1-3H3,(H,26,27)/b25-15+. The van der Waals surface area contributed by atoms with Gasteiger partial charge in [0.15, 0.2) is 11.5 Å². The molecule has 0 fully saturated rings. The molecule has 3 aromatic rings. The maximum absolute atomic E-state index is 12.4. The Morgan fingerprint density at radius 1 is 0.839 bits per heavy atom. The predicted octanol–water partition coefficient (Wildman–Crippen LogP) is 4.00. The zero-order valence-electron chi connectivity index (χ0n) is 17.4. The molecule has 0 radical (unpaired) electrons. The van der Waals surface area contributed by atoms with E-state index in [4.69, 9.17) is 14.2 Å². The maximum Gasteiger partial charge on any atom is 0.343 e. The number of nitrogens with zero attached hydrogens (tertiary/aromatic N) is 1. The summed E-state index contributed by atoms with van der Waals surface area (Å²) in [5.41, 5.74) is 5.15. The van der Waals surface area contributed by atoms with Gasteiger partial charge in [0.25, 0.3) is 5.91 Å². The SMILES string of the molecule is COc1ccc(C(=O)Oc2ccc(/C=N/NC(=O)c3ccc(C)cc3)cc2)cc1OC. The van der Waals surface area contributed by atoms with Crippen LogP contribution in [-0.2, 0) is 0 Å². The van der Waals surface area contributed by atoms with E-state index in [1.807, 2.05) is 19.1 Å². The first-order valence-corrected chi connectivity index (χ1v) is 9.44. The predicted molar refractivity (Wildman–Crippen MR) is 117 cm³/mol. The molecule has 0 aliphatic carbocycles. The minimum absolute atomic E-state index is 0.295. The Hall–Kier alpha value is -4.13. The van der Waals surface area contributed by atoms with Crippen molar-refractivity contribution in [2.24, 2.45) is 5.10 Å². The van der Waals surface area contributed by atoms with Gasteiger partial charge in [-0.15, -0.1) is 0 Å². The molecule has 31 heavy (non-hydrogen) atoms. The van der Waals surface area contributed by atoms with Gasteiger partial charge in [0.1, 0.15) is 5.75 Å². The van der Waals surface area contributed by atoms with Crippen LogP contribution in [0, 0.1) is 6.92 Å². The Balaban J connectivity index is 1.58. The Kier molecular flexibility index (Phi) is 7.01. The lowest BCUT2D eigenvalue weighted by Gasteiger charge is -2.09. The van der Waals surface area contributed by atoms with E-state index in [1.54, 1.807) is 54.6 Å². The summed E-state index contributed by atoms with van der Waals surface area (Å²) in [4.78, 5) is 24.4. The van der Waals surface area contributed by atoms with Crippen molar-refractivity contribution < 1.29 is 23.8 Å². The summed E-state index contributed by atoms with van der Waals surface area (Å²) < 4.78 is 15.8. The molecule has 0 heterocycles. The Labute approximate surface area is 180 Å². The van der Waals surface area contributed by atoms with E-state index < -0.39 is 5.97 Å². The highest BCUT2D eigenvalue weighted by Gasteiger charge is 2.13. The summed E-state index contributed by atoms with van der Waals surface area (Å²) in [6.45, 7) is 1.95. The van der Waals surface area contributed by atoms with Crippen molar-refractivity contribution in [1.82, 2.24) is 5.43 Å². The molecule has 1 N–H and O–H groups in total. The van der Waals surface area contributed by atoms with Crippen molar-refractivity contribution in [3.8, 4) is 17.2 Å². The Bertz CT molecular complexity index is 1090. The molecule has 3 aromatic carbocycles. The van der Waals surface area contributed by atoms with Crippen molar-refractivity contribution in [3.05, 3.63) is 89.0 Å². The summed E-state index contributed by atoms with van der Waals surface area (Å²) in [6.07, 6.45) is 1.51. The number of benzene rings is 3. The van der Waals surface area contributed by atoms with E-state index in [0.717, 1.165) is 11.1 Å². The smallest absolute Gasteiger partial charge is 0.343 e. The molecule has 3 rings (SSSR count). The van der Waals surface area contributed by atoms with Crippen LogP contribution in [0.2, 0.25) is 0 Å². The number of nitrogens with one attached hydrogen (secondary N) is 1. The van der Waals surface area contributed by atoms with Crippen LogP contribution in [0.25, 0.3) is 0 Å². The third kappa shape index (κ3) is 5.70. The van der Waals surface area contributed by atoms with E-state index in [2.05, 4.69) is 10.5 Å². The number of amides is 1. The van der Waals surface area contributed by atoms with Crippen LogP contribution in [0.15, 0.2) is 71.8 Å². The molecule has 0 aromatic heterocycles. The molecule has 0 aliphatic rings. The highest BCUT2D eigenvalue weighted by atomic mass is 16.5. The Morgan fingerprint density at radius 3 is 2.13 bits per heavy atom. The number of hydrogen-bond acceptors (Lipinski definition) is 6. The van der Waals surface area contributed by atoms with E-state index in [0.29, 0.717) is 28.4 Å². The zero-order chi connectivity index (χ0) is 22.2. The normalized spacial score (nSPS) is 10.5. The highest BCUT2D eigenvalue weighted by Crippen LogP contribution is 2.28. The van der Waals surface area contributed by atoms with E-state index in [1.165, 1.54) is 20.4 Å². The van der Waals surface area contributed by atoms with E-state index >= 15 is 0 Å². The first-order chi connectivity index (χ1) is 15.0. The fourth-order valence-electron chi connectivity index (χ4n) is 2.69. The number of hydrazone groups is 1. The van der Waals surface area contributed by atoms with Crippen LogP contribution >= 0.6 is 0 Å². The van der Waals surface area contributed by atoms with Crippen LogP contribution in [0.4, 0.5) is 0 Å². The van der Waals surface area contributed by atoms with Gasteiger partial charge in [-0.25, -0.2) is 10.2 Å². The van der Waals surface area contributed by atoms with Crippen LogP contribution in [0.5, 0.6) is 17.2 Å². The monoisotopic (exact) mass is 418 g/mol. The van der Waals surface area contributed by atoms with Gasteiger partial charge in [0.05, 0.1) is 26.0 Å². The van der Waals surface area contributed by atoms with Gasteiger partial charge in [-0.2, -0.15) is 5.10 Å². The number of esters is 1. The summed E-state index contributed by atoms with van der Waals surface area (Å²) in [5.74, 6) is 0.526. The number of carbonyl (C=O) groups excluding carboxylic acids is 2. The summed E-state index contributed by atoms with van der Waals surface area (Å²) >= 11 is 0. The van der Waals surface area contributed by atoms with E-state index in [9.17, 15) is 9.59 Å². The van der Waals surface area contributed by atoms with Gasteiger partial charge in [-0.3, -0.25) is 4.79 Å². The average molecular weight is 418 g/mol. The minimum Gasteiger partial charge on any atom is -0.493 e. The highest BCUT2D eigenvalue weighted by molar-refractivity contribution is 5.95. The molecular weight excluding hydrogens is 396 g/mol. The largest absolute Gasteiger partial charge is 0.493 e. The molecule has 0 atom stereocenters. The quantitative estimate of drug-likeness (QED) is 0.271. The molecule has 0 saturated heterocycles. The second kappa shape index (κ2) is 10.1. The molecule has 7 heteroatoms. The summed E-state index contributed by atoms with van der Waals surface area (Å²) in [6, 6.07) is 18.7. The number of rotatable bonds is 7. The number of hydrogen-bond donors (Lipinski definition) is 1. The first-order valence-electron chi connectivity index (χ1n) is 9.44. The van der Waals surface area contributed by atoms with Crippen molar-refractivity contribution in [3.63, 3.8) is 0 Å². The number of aryl methyl sites for hydroxylation is 1. The van der Waals surface area contributed by atoms with Gasteiger partial charge in [0, 0.05) is 5.56 Å². The zero-order valence-corrected chi connectivity index (χ0v) is 17.4. The number of carbonyl (C=O) groups is 2. The minimum atomic E-state index is -0.521. The van der Waals surface area contributed by atoms with Crippen LogP contribution in [0.3, 0.4) is 0 Å². The van der Waals surface area contributed by atoms with Crippen LogP contribution in [-0.4, -0.2) is 32.3 Å². The molecule has 158 valence electrons. The van der Waals surface area contributed by atoms with Gasteiger partial charge < -0.3 is 14.2 Å². The van der Waals surface area contributed by atoms with Crippen molar-refractivity contribution in [1.29, 1.82) is 0 Å². The molecule has 1 amide bonds. The van der Waals surface area contributed by atoms with Crippen molar-refractivity contribution >= 4 is 18.1 Å². The third-order valence-electron chi connectivity index (χ3n) is 4.40. The molecule has 0 saturated carbocycles. The number of methoxy groups -OCH3 is 2. The Morgan fingerprint density at radius 2 is 1.48 bits per heavy atom. The fourth-order valence-corrected chi connectivity index (χ4v) is 2.69. The van der Waals surface area contributed by atoms with Crippen LogP contribution in [0.1, 0.15) is 31.8 Å². The molecule has 0 bridgehead atoms. The topological polar surface area (TPSA) is 86.2 Å². The number of ether oxygens (including phenoxy) is 3. The second-order valence-electron chi connectivity index (χ2n) is 6.59. The fraction of sp³-hybridized carbons (Fsp3) is 0.125. The lowest BCUT2D eigenvalue weighted by Crippen LogP contribution is -2.17.